The smallest absolute Gasteiger partial charge is 0.296 e. The van der Waals surface area contributed by atoms with E-state index in [9.17, 15) is 18.0 Å². The van der Waals surface area contributed by atoms with Crippen molar-refractivity contribution in [2.24, 2.45) is 5.92 Å². The fraction of sp³-hybridized carbons (Fsp3) is 0.381. The van der Waals surface area contributed by atoms with E-state index in [-0.39, 0.29) is 29.4 Å². The third-order valence-electron chi connectivity index (χ3n) is 5.32. The Bertz CT molecular complexity index is 1020. The maximum atomic E-state index is 13.7. The number of halogens is 3. The number of likely N-dealkylation sites (tertiary alicyclic amines) is 1. The lowest BCUT2D eigenvalue weighted by Gasteiger charge is -2.29. The third-order valence-corrected chi connectivity index (χ3v) is 5.32. The number of carbonyl (C=O) groups is 1. The number of benzene rings is 1. The molecule has 5 nitrogen and oxygen atoms in total. The van der Waals surface area contributed by atoms with Crippen molar-refractivity contribution in [3.8, 4) is 11.3 Å². The highest BCUT2D eigenvalue weighted by Crippen LogP contribution is 2.32. The standard InChI is InChI=1S/C21H21F3N4O/c1-14-7-9-27(10-8-14)13-18(29)17-12-20-25-16(15-5-3-2-4-6-15)11-19(21(22,23)24)28(20)26-17/h2-6,11-12,14H,7-10,13H2,1H3. The SMILES string of the molecule is CC1CCN(CC(=O)c2cc3nc(-c4ccccc4)cc(C(F)(F)F)n3n2)CC1. The van der Waals surface area contributed by atoms with Gasteiger partial charge in [-0.05, 0) is 37.9 Å². The van der Waals surface area contributed by atoms with Crippen LogP contribution < -0.4 is 0 Å². The van der Waals surface area contributed by atoms with E-state index in [1.807, 2.05) is 4.90 Å². The summed E-state index contributed by atoms with van der Waals surface area (Å²) in [5.74, 6) is 0.339. The Balaban J connectivity index is 1.69. The van der Waals surface area contributed by atoms with E-state index in [1.54, 1.807) is 30.3 Å². The van der Waals surface area contributed by atoms with Gasteiger partial charge in [-0.3, -0.25) is 9.69 Å². The predicted molar refractivity (Wildman–Crippen MR) is 103 cm³/mol. The Hall–Kier alpha value is -2.74. The number of hydrogen-bond donors (Lipinski definition) is 0. The summed E-state index contributed by atoms with van der Waals surface area (Å²) in [5, 5.41) is 3.95. The number of nitrogens with zero attached hydrogens (tertiary/aromatic N) is 4. The molecule has 3 aromatic rings. The quantitative estimate of drug-likeness (QED) is 0.610. The molecule has 4 rings (SSSR count). The van der Waals surface area contributed by atoms with Crippen LogP contribution in [0.25, 0.3) is 16.9 Å². The highest BCUT2D eigenvalue weighted by atomic mass is 19.4. The minimum Gasteiger partial charge on any atom is -0.296 e. The Kier molecular flexibility index (Phi) is 5.12. The van der Waals surface area contributed by atoms with Crippen LogP contribution in [0.15, 0.2) is 42.5 Å². The number of hydrogen-bond acceptors (Lipinski definition) is 4. The summed E-state index contributed by atoms with van der Waals surface area (Å²) in [4.78, 5) is 19.0. The normalized spacial score (nSPS) is 16.4. The number of alkyl halides is 3. The average molecular weight is 402 g/mol. The lowest BCUT2D eigenvalue weighted by atomic mass is 9.99. The number of Topliss-reactive ketones (excluding diaryl/α,β-unsaturated/α-hetero) is 1. The molecule has 29 heavy (non-hydrogen) atoms. The van der Waals surface area contributed by atoms with E-state index >= 15 is 0 Å². The predicted octanol–water partition coefficient (Wildman–Crippen LogP) is 4.33. The van der Waals surface area contributed by atoms with Gasteiger partial charge in [0.25, 0.3) is 0 Å². The molecular weight excluding hydrogens is 381 g/mol. The summed E-state index contributed by atoms with van der Waals surface area (Å²) in [7, 11) is 0. The number of carbonyl (C=O) groups excluding carboxylic acids is 1. The molecule has 0 bridgehead atoms. The Labute approximate surface area is 166 Å². The first-order valence-corrected chi connectivity index (χ1v) is 9.60. The zero-order chi connectivity index (χ0) is 20.6. The zero-order valence-electron chi connectivity index (χ0n) is 16.0. The highest BCUT2D eigenvalue weighted by molar-refractivity contribution is 5.96. The van der Waals surface area contributed by atoms with Crippen molar-refractivity contribution in [1.82, 2.24) is 19.5 Å². The van der Waals surface area contributed by atoms with Crippen LogP contribution in [-0.4, -0.2) is 44.9 Å². The largest absolute Gasteiger partial charge is 0.433 e. The number of aromatic nitrogens is 3. The molecule has 1 fully saturated rings. The molecule has 152 valence electrons. The van der Waals surface area contributed by atoms with Crippen molar-refractivity contribution in [2.45, 2.75) is 25.9 Å². The molecular formula is C21H21F3N4O. The summed E-state index contributed by atoms with van der Waals surface area (Å²) in [6.07, 6.45) is -2.60. The van der Waals surface area contributed by atoms with E-state index in [2.05, 4.69) is 17.0 Å². The van der Waals surface area contributed by atoms with Crippen LogP contribution in [-0.2, 0) is 6.18 Å². The van der Waals surface area contributed by atoms with E-state index < -0.39 is 11.9 Å². The van der Waals surface area contributed by atoms with Gasteiger partial charge in [-0.25, -0.2) is 9.50 Å². The van der Waals surface area contributed by atoms with Gasteiger partial charge in [0.1, 0.15) is 5.69 Å². The van der Waals surface area contributed by atoms with Crippen molar-refractivity contribution in [3.05, 3.63) is 53.9 Å². The molecule has 1 aliphatic rings. The second kappa shape index (κ2) is 7.59. The fourth-order valence-corrected chi connectivity index (χ4v) is 3.57. The van der Waals surface area contributed by atoms with Gasteiger partial charge in [-0.15, -0.1) is 0 Å². The Morgan fingerprint density at radius 3 is 2.48 bits per heavy atom. The average Bonchev–Trinajstić information content (AvgIpc) is 3.13. The molecule has 0 aliphatic carbocycles. The summed E-state index contributed by atoms with van der Waals surface area (Å²) >= 11 is 0. The van der Waals surface area contributed by atoms with Gasteiger partial charge in [0.05, 0.1) is 12.2 Å². The number of rotatable bonds is 4. The van der Waals surface area contributed by atoms with Crippen LogP contribution in [0.5, 0.6) is 0 Å². The van der Waals surface area contributed by atoms with Crippen LogP contribution in [0.4, 0.5) is 13.2 Å². The zero-order valence-corrected chi connectivity index (χ0v) is 16.0. The molecule has 0 saturated carbocycles. The third kappa shape index (κ3) is 4.17. The lowest BCUT2D eigenvalue weighted by molar-refractivity contribution is -0.142. The molecule has 0 atom stereocenters. The van der Waals surface area contributed by atoms with Crippen LogP contribution in [0.1, 0.15) is 35.9 Å². The van der Waals surface area contributed by atoms with Gasteiger partial charge in [0, 0.05) is 11.6 Å². The summed E-state index contributed by atoms with van der Waals surface area (Å²) in [6, 6.07) is 11.0. The molecule has 0 radical (unpaired) electrons. The van der Waals surface area contributed by atoms with Gasteiger partial charge in [-0.1, -0.05) is 37.3 Å². The van der Waals surface area contributed by atoms with Gasteiger partial charge in [0.15, 0.2) is 17.1 Å². The van der Waals surface area contributed by atoms with Gasteiger partial charge >= 0.3 is 6.18 Å². The molecule has 3 heterocycles. The summed E-state index contributed by atoms with van der Waals surface area (Å²) in [5.41, 5.74) is -0.181. The van der Waals surface area contributed by atoms with Crippen LogP contribution in [0.3, 0.4) is 0 Å². The Morgan fingerprint density at radius 1 is 1.14 bits per heavy atom. The van der Waals surface area contributed by atoms with E-state index in [4.69, 9.17) is 0 Å². The fourth-order valence-electron chi connectivity index (χ4n) is 3.57. The molecule has 1 aliphatic heterocycles. The van der Waals surface area contributed by atoms with Crippen molar-refractivity contribution in [3.63, 3.8) is 0 Å². The van der Waals surface area contributed by atoms with Crippen molar-refractivity contribution < 1.29 is 18.0 Å². The van der Waals surface area contributed by atoms with Crippen molar-refractivity contribution in [1.29, 1.82) is 0 Å². The van der Waals surface area contributed by atoms with Gasteiger partial charge in [-0.2, -0.15) is 18.3 Å². The molecule has 0 unspecified atom stereocenters. The van der Waals surface area contributed by atoms with E-state index in [1.165, 1.54) is 6.07 Å². The summed E-state index contributed by atoms with van der Waals surface area (Å²) < 4.78 is 41.7. The molecule has 2 aromatic heterocycles. The lowest BCUT2D eigenvalue weighted by Crippen LogP contribution is -2.36. The van der Waals surface area contributed by atoms with Gasteiger partial charge in [0.2, 0.25) is 0 Å². The number of ketones is 1. The molecule has 8 heteroatoms. The first-order chi connectivity index (χ1) is 13.8. The molecule has 0 amide bonds. The summed E-state index contributed by atoms with van der Waals surface area (Å²) in [6.45, 7) is 3.95. The van der Waals surface area contributed by atoms with Gasteiger partial charge < -0.3 is 0 Å². The monoisotopic (exact) mass is 402 g/mol. The maximum Gasteiger partial charge on any atom is 0.433 e. The first-order valence-electron chi connectivity index (χ1n) is 9.60. The second-order valence-electron chi connectivity index (χ2n) is 7.57. The molecule has 0 spiro atoms. The minimum absolute atomic E-state index is 0.00633. The van der Waals surface area contributed by atoms with Crippen LogP contribution >= 0.6 is 0 Å². The maximum absolute atomic E-state index is 13.7. The van der Waals surface area contributed by atoms with Crippen molar-refractivity contribution >= 4 is 11.4 Å². The number of fused-ring (bicyclic) bond motifs is 1. The minimum atomic E-state index is -4.62. The topological polar surface area (TPSA) is 50.5 Å². The van der Waals surface area contributed by atoms with Crippen LogP contribution in [0.2, 0.25) is 0 Å². The Morgan fingerprint density at radius 2 is 1.83 bits per heavy atom. The molecule has 0 N–H and O–H groups in total. The number of piperidine rings is 1. The van der Waals surface area contributed by atoms with E-state index in [0.29, 0.717) is 11.5 Å². The van der Waals surface area contributed by atoms with Crippen molar-refractivity contribution in [2.75, 3.05) is 19.6 Å². The highest BCUT2D eigenvalue weighted by Gasteiger charge is 2.35. The molecule has 1 saturated heterocycles. The first kappa shape index (κ1) is 19.6. The van der Waals surface area contributed by atoms with Crippen LogP contribution in [0, 0.1) is 5.92 Å². The second-order valence-corrected chi connectivity index (χ2v) is 7.57. The molecule has 1 aromatic carbocycles. The van der Waals surface area contributed by atoms with E-state index in [0.717, 1.165) is 36.5 Å².